The maximum atomic E-state index is 2.30. The summed E-state index contributed by atoms with van der Waals surface area (Å²) in [6.07, 6.45) is 5.43. The lowest BCUT2D eigenvalue weighted by molar-refractivity contribution is -0.509. The van der Waals surface area contributed by atoms with Crippen molar-refractivity contribution in [2.75, 3.05) is 0 Å². The number of fused-ring (bicyclic) bond motifs is 3. The van der Waals surface area contributed by atoms with Gasteiger partial charge in [-0.1, -0.05) is 25.1 Å². The van der Waals surface area contributed by atoms with Gasteiger partial charge in [0.2, 0.25) is 0 Å². The van der Waals surface area contributed by atoms with Crippen molar-refractivity contribution in [1.82, 2.24) is 4.57 Å². The van der Waals surface area contributed by atoms with Gasteiger partial charge < -0.3 is 0 Å². The molecule has 0 aliphatic carbocycles. The zero-order valence-electron chi connectivity index (χ0n) is 10.6. The second-order valence-corrected chi connectivity index (χ2v) is 4.62. The fraction of sp³-hybridized carbons (Fsp3) is 0.267. The van der Waals surface area contributed by atoms with E-state index < -0.39 is 0 Å². The molecule has 0 radical (unpaired) electrons. The van der Waals surface area contributed by atoms with Gasteiger partial charge in [0.05, 0.1) is 18.6 Å². The van der Waals surface area contributed by atoms with Gasteiger partial charge in [0, 0.05) is 6.42 Å². The molecule has 0 fully saturated rings. The molecule has 1 aromatic carbocycles. The summed E-state index contributed by atoms with van der Waals surface area (Å²) in [5.74, 6) is 0. The Balaban J connectivity index is 2.58. The smallest absolute Gasteiger partial charge is 0.230 e. The molecule has 2 heterocycles. The van der Waals surface area contributed by atoms with Crippen molar-refractivity contribution < 1.29 is 4.40 Å². The summed E-state index contributed by atoms with van der Waals surface area (Å²) >= 11 is 0. The fourth-order valence-corrected chi connectivity index (χ4v) is 2.65. The van der Waals surface area contributed by atoms with Crippen LogP contribution in [-0.4, -0.2) is 4.57 Å². The first-order valence-corrected chi connectivity index (χ1v) is 6.10. The Hall–Kier alpha value is -1.83. The molecule has 0 atom stereocenters. The second-order valence-electron chi connectivity index (χ2n) is 4.62. The van der Waals surface area contributed by atoms with E-state index in [2.05, 4.69) is 66.5 Å². The van der Waals surface area contributed by atoms with Crippen LogP contribution in [-0.2, 0) is 13.5 Å². The van der Waals surface area contributed by atoms with E-state index in [4.69, 9.17) is 0 Å². The quantitative estimate of drug-likeness (QED) is 0.563. The number of hydrogen-bond acceptors (Lipinski definition) is 0. The number of nitrogens with zero attached hydrogens (tertiary/aromatic N) is 2. The first kappa shape index (κ1) is 10.3. The van der Waals surface area contributed by atoms with Gasteiger partial charge in [0.1, 0.15) is 11.9 Å². The normalized spacial score (nSPS) is 11.5. The highest BCUT2D eigenvalue weighted by Crippen LogP contribution is 2.21. The zero-order chi connectivity index (χ0) is 12.0. The molecule has 0 amide bonds. The summed E-state index contributed by atoms with van der Waals surface area (Å²) in [6, 6.07) is 8.68. The van der Waals surface area contributed by atoms with E-state index in [0.717, 1.165) is 6.42 Å². The minimum atomic E-state index is 1.06. The third-order valence-corrected chi connectivity index (χ3v) is 3.59. The number of hydrogen-bond donors (Lipinski definition) is 0. The maximum Gasteiger partial charge on any atom is 0.294 e. The van der Waals surface area contributed by atoms with E-state index in [1.165, 1.54) is 27.7 Å². The Morgan fingerprint density at radius 2 is 2.06 bits per heavy atom. The second kappa shape index (κ2) is 3.59. The summed E-state index contributed by atoms with van der Waals surface area (Å²) in [7, 11) is 2.15. The SMILES string of the molecule is CCc1c[n+]2ccc3cccc(C)c3c2n1C. The molecule has 17 heavy (non-hydrogen) atoms. The zero-order valence-corrected chi connectivity index (χ0v) is 10.6. The van der Waals surface area contributed by atoms with Crippen LogP contribution in [0.2, 0.25) is 0 Å². The molecule has 2 nitrogen and oxygen atoms in total. The highest BCUT2D eigenvalue weighted by atomic mass is 15.1. The lowest BCUT2D eigenvalue weighted by Crippen LogP contribution is -2.18. The average molecular weight is 225 g/mol. The Kier molecular flexibility index (Phi) is 2.18. The van der Waals surface area contributed by atoms with Gasteiger partial charge in [-0.2, -0.15) is 0 Å². The number of aromatic nitrogens is 2. The molecule has 2 aromatic heterocycles. The molecule has 2 heteroatoms. The van der Waals surface area contributed by atoms with Gasteiger partial charge in [0.15, 0.2) is 0 Å². The molecule has 0 aliphatic rings. The summed E-state index contributed by atoms with van der Waals surface area (Å²) in [5, 5.41) is 2.67. The highest BCUT2D eigenvalue weighted by molar-refractivity contribution is 5.94. The predicted octanol–water partition coefficient (Wildman–Crippen LogP) is 2.79. The van der Waals surface area contributed by atoms with Crippen LogP contribution in [0.15, 0.2) is 36.7 Å². The molecule has 0 saturated heterocycles. The molecule has 3 rings (SSSR count). The Morgan fingerprint density at radius 1 is 1.24 bits per heavy atom. The predicted molar refractivity (Wildman–Crippen MR) is 70.2 cm³/mol. The van der Waals surface area contributed by atoms with Gasteiger partial charge in [0.25, 0.3) is 5.65 Å². The van der Waals surface area contributed by atoms with Crippen molar-refractivity contribution in [2.24, 2.45) is 7.05 Å². The topological polar surface area (TPSA) is 9.03 Å². The van der Waals surface area contributed by atoms with Crippen LogP contribution in [0.1, 0.15) is 18.2 Å². The van der Waals surface area contributed by atoms with E-state index in [-0.39, 0.29) is 0 Å². The van der Waals surface area contributed by atoms with E-state index in [9.17, 15) is 0 Å². The van der Waals surface area contributed by atoms with Gasteiger partial charge in [-0.05, 0) is 23.9 Å². The van der Waals surface area contributed by atoms with Crippen LogP contribution in [0, 0.1) is 6.92 Å². The van der Waals surface area contributed by atoms with Crippen molar-refractivity contribution in [2.45, 2.75) is 20.3 Å². The van der Waals surface area contributed by atoms with Crippen LogP contribution in [0.4, 0.5) is 0 Å². The lowest BCUT2D eigenvalue weighted by atomic mass is 10.1. The lowest BCUT2D eigenvalue weighted by Gasteiger charge is -2.01. The van der Waals surface area contributed by atoms with E-state index >= 15 is 0 Å². The monoisotopic (exact) mass is 225 g/mol. The molecular weight excluding hydrogens is 208 g/mol. The molecule has 0 N–H and O–H groups in total. The van der Waals surface area contributed by atoms with Crippen molar-refractivity contribution in [3.63, 3.8) is 0 Å². The van der Waals surface area contributed by atoms with Gasteiger partial charge in [-0.25, -0.2) is 8.97 Å². The number of benzene rings is 1. The van der Waals surface area contributed by atoms with Crippen LogP contribution in [0.5, 0.6) is 0 Å². The number of imidazole rings is 1. The molecule has 86 valence electrons. The van der Waals surface area contributed by atoms with Crippen LogP contribution >= 0.6 is 0 Å². The molecule has 0 spiro atoms. The number of aryl methyl sites for hydroxylation is 3. The Bertz CT molecular complexity index is 708. The minimum absolute atomic E-state index is 1.06. The fourth-order valence-electron chi connectivity index (χ4n) is 2.65. The summed E-state index contributed by atoms with van der Waals surface area (Å²) in [5.41, 5.74) is 3.99. The molecule has 0 aliphatic heterocycles. The standard InChI is InChI=1S/C15H17N2/c1-4-13-10-17-9-8-12-7-5-6-11(2)14(12)15(17)16(13)3/h5-10H,4H2,1-3H3/q+1. The van der Waals surface area contributed by atoms with Crippen LogP contribution < -0.4 is 4.40 Å². The molecular formula is C15H17N2+. The molecule has 0 bridgehead atoms. The average Bonchev–Trinajstić information content (AvgIpc) is 2.67. The van der Waals surface area contributed by atoms with E-state index in [1.807, 2.05) is 0 Å². The van der Waals surface area contributed by atoms with Crippen molar-refractivity contribution in [3.05, 3.63) is 47.9 Å². The minimum Gasteiger partial charge on any atom is -0.230 e. The highest BCUT2D eigenvalue weighted by Gasteiger charge is 2.16. The Labute approximate surface area is 101 Å². The first-order valence-electron chi connectivity index (χ1n) is 6.10. The summed E-state index contributed by atoms with van der Waals surface area (Å²) in [6.45, 7) is 4.38. The first-order chi connectivity index (χ1) is 8.22. The van der Waals surface area contributed by atoms with E-state index in [1.54, 1.807) is 0 Å². The van der Waals surface area contributed by atoms with Gasteiger partial charge in [-0.15, -0.1) is 0 Å². The van der Waals surface area contributed by atoms with Crippen LogP contribution in [0.3, 0.4) is 0 Å². The molecule has 3 aromatic rings. The number of pyridine rings is 1. The van der Waals surface area contributed by atoms with Crippen molar-refractivity contribution in [1.29, 1.82) is 0 Å². The summed E-state index contributed by atoms with van der Waals surface area (Å²) < 4.78 is 4.53. The largest absolute Gasteiger partial charge is 0.294 e. The van der Waals surface area contributed by atoms with Crippen molar-refractivity contribution >= 4 is 16.4 Å². The third-order valence-electron chi connectivity index (χ3n) is 3.59. The van der Waals surface area contributed by atoms with Gasteiger partial charge >= 0.3 is 0 Å². The van der Waals surface area contributed by atoms with Crippen LogP contribution in [0.25, 0.3) is 16.4 Å². The molecule has 0 unspecified atom stereocenters. The molecule has 0 saturated carbocycles. The number of rotatable bonds is 1. The third kappa shape index (κ3) is 1.37. The summed E-state index contributed by atoms with van der Waals surface area (Å²) in [4.78, 5) is 0. The Morgan fingerprint density at radius 3 is 2.82 bits per heavy atom. The van der Waals surface area contributed by atoms with E-state index in [0.29, 0.717) is 0 Å². The van der Waals surface area contributed by atoms with Gasteiger partial charge in [-0.3, -0.25) is 0 Å². The maximum absolute atomic E-state index is 2.30. The van der Waals surface area contributed by atoms with Crippen molar-refractivity contribution in [3.8, 4) is 0 Å².